The number of H-pyrrole nitrogens is 1. The van der Waals surface area contributed by atoms with Crippen LogP contribution in [0.3, 0.4) is 0 Å². The second kappa shape index (κ2) is 7.00. The maximum atomic E-state index is 12.2. The van der Waals surface area contributed by atoms with Crippen LogP contribution in [-0.4, -0.2) is 23.8 Å². The standard InChI is InChI=1S/C17H14N4O2/c1-4-5-14(19-2)16-20-15(13(10-18)17(22)21-16)11-6-8-12(23-3)9-7-11/h4-9H,1-2H2,3H3,(H,20,21,22)/b14-5-. The summed E-state index contributed by atoms with van der Waals surface area (Å²) in [5, 5.41) is 9.25. The van der Waals surface area contributed by atoms with Crippen molar-refractivity contribution in [2.75, 3.05) is 7.11 Å². The molecule has 0 aliphatic rings. The number of rotatable bonds is 5. The van der Waals surface area contributed by atoms with Gasteiger partial charge in [-0.15, -0.1) is 0 Å². The van der Waals surface area contributed by atoms with Crippen molar-refractivity contribution in [3.05, 3.63) is 64.7 Å². The Hall–Kier alpha value is -3.46. The molecule has 6 nitrogen and oxygen atoms in total. The summed E-state index contributed by atoms with van der Waals surface area (Å²) in [6, 6.07) is 8.79. The summed E-state index contributed by atoms with van der Waals surface area (Å²) in [5.41, 5.74) is 0.642. The molecule has 0 amide bonds. The molecule has 1 aromatic heterocycles. The minimum absolute atomic E-state index is 0.0686. The van der Waals surface area contributed by atoms with Crippen LogP contribution >= 0.6 is 0 Å². The maximum Gasteiger partial charge on any atom is 0.269 e. The molecule has 0 aliphatic carbocycles. The summed E-state index contributed by atoms with van der Waals surface area (Å²) in [6.45, 7) is 7.02. The first-order valence-electron chi connectivity index (χ1n) is 6.63. The van der Waals surface area contributed by atoms with Crippen LogP contribution in [0, 0.1) is 11.3 Å². The van der Waals surface area contributed by atoms with Gasteiger partial charge in [-0.05, 0) is 37.1 Å². The number of aromatic nitrogens is 2. The quantitative estimate of drug-likeness (QED) is 0.679. The number of aliphatic imine (C=N–C) groups is 1. The summed E-state index contributed by atoms with van der Waals surface area (Å²) in [4.78, 5) is 22.8. The number of hydrogen-bond acceptors (Lipinski definition) is 5. The molecule has 1 aromatic carbocycles. The molecule has 114 valence electrons. The molecule has 0 spiro atoms. The summed E-state index contributed by atoms with van der Waals surface area (Å²) < 4.78 is 5.10. The third-order valence-corrected chi connectivity index (χ3v) is 3.08. The van der Waals surface area contributed by atoms with E-state index >= 15 is 0 Å². The summed E-state index contributed by atoms with van der Waals surface area (Å²) in [5.74, 6) is 0.882. The van der Waals surface area contributed by atoms with Crippen molar-refractivity contribution >= 4 is 12.4 Å². The molecule has 0 saturated carbocycles. The van der Waals surface area contributed by atoms with E-state index in [9.17, 15) is 10.1 Å². The van der Waals surface area contributed by atoms with Crippen LogP contribution in [-0.2, 0) is 0 Å². The summed E-state index contributed by atoms with van der Waals surface area (Å²) in [7, 11) is 1.56. The monoisotopic (exact) mass is 306 g/mol. The zero-order valence-electron chi connectivity index (χ0n) is 12.5. The fourth-order valence-corrected chi connectivity index (χ4v) is 1.97. The predicted molar refractivity (Wildman–Crippen MR) is 89.3 cm³/mol. The van der Waals surface area contributed by atoms with Crippen LogP contribution in [0.15, 0.2) is 52.8 Å². The second-order valence-corrected chi connectivity index (χ2v) is 4.42. The van der Waals surface area contributed by atoms with E-state index in [-0.39, 0.29) is 17.1 Å². The van der Waals surface area contributed by atoms with Crippen LogP contribution in [0.2, 0.25) is 0 Å². The lowest BCUT2D eigenvalue weighted by atomic mass is 10.1. The number of nitriles is 1. The van der Waals surface area contributed by atoms with E-state index in [1.54, 1.807) is 37.5 Å². The predicted octanol–water partition coefficient (Wildman–Crippen LogP) is 2.54. The second-order valence-electron chi connectivity index (χ2n) is 4.42. The highest BCUT2D eigenvalue weighted by atomic mass is 16.5. The first kappa shape index (κ1) is 15.9. The van der Waals surface area contributed by atoms with Crippen molar-refractivity contribution in [2.45, 2.75) is 0 Å². The molecule has 0 saturated heterocycles. The van der Waals surface area contributed by atoms with Gasteiger partial charge < -0.3 is 9.72 Å². The van der Waals surface area contributed by atoms with Crippen molar-refractivity contribution in [3.8, 4) is 23.1 Å². The molecule has 6 heteroatoms. The van der Waals surface area contributed by atoms with Crippen molar-refractivity contribution in [1.82, 2.24) is 9.97 Å². The van der Waals surface area contributed by atoms with E-state index in [0.29, 0.717) is 17.0 Å². The van der Waals surface area contributed by atoms with Crippen LogP contribution < -0.4 is 10.3 Å². The molecule has 0 aliphatic heterocycles. The van der Waals surface area contributed by atoms with Crippen molar-refractivity contribution < 1.29 is 4.74 Å². The van der Waals surface area contributed by atoms with Gasteiger partial charge in [0.25, 0.3) is 5.56 Å². The molecular weight excluding hydrogens is 292 g/mol. The molecule has 23 heavy (non-hydrogen) atoms. The number of methoxy groups -OCH3 is 1. The number of nitrogens with one attached hydrogen (secondary N) is 1. The molecule has 0 bridgehead atoms. The zero-order chi connectivity index (χ0) is 16.8. The van der Waals surface area contributed by atoms with Gasteiger partial charge in [0.05, 0.1) is 12.8 Å². The molecule has 1 heterocycles. The van der Waals surface area contributed by atoms with Gasteiger partial charge in [0.15, 0.2) is 5.82 Å². The van der Waals surface area contributed by atoms with E-state index in [2.05, 4.69) is 28.3 Å². The first-order chi connectivity index (χ1) is 11.1. The van der Waals surface area contributed by atoms with Gasteiger partial charge in [0, 0.05) is 5.56 Å². The topological polar surface area (TPSA) is 91.1 Å². The van der Waals surface area contributed by atoms with Gasteiger partial charge in [0.2, 0.25) is 0 Å². The summed E-state index contributed by atoms with van der Waals surface area (Å²) in [6.07, 6.45) is 3.07. The third kappa shape index (κ3) is 3.24. The lowest BCUT2D eigenvalue weighted by molar-refractivity contribution is 0.415. The van der Waals surface area contributed by atoms with Crippen molar-refractivity contribution in [3.63, 3.8) is 0 Å². The number of benzene rings is 1. The smallest absolute Gasteiger partial charge is 0.269 e. The Bertz CT molecular complexity index is 871. The molecule has 0 unspecified atom stereocenters. The Morgan fingerprint density at radius 2 is 2.13 bits per heavy atom. The lowest BCUT2D eigenvalue weighted by Crippen LogP contribution is -2.16. The number of allylic oxidation sites excluding steroid dienone is 2. The van der Waals surface area contributed by atoms with E-state index in [1.165, 1.54) is 6.08 Å². The fraction of sp³-hybridized carbons (Fsp3) is 0.0588. The van der Waals surface area contributed by atoms with Gasteiger partial charge in [-0.2, -0.15) is 5.26 Å². The highest BCUT2D eigenvalue weighted by Crippen LogP contribution is 2.23. The summed E-state index contributed by atoms with van der Waals surface area (Å²) >= 11 is 0. The van der Waals surface area contributed by atoms with Crippen LogP contribution in [0.1, 0.15) is 11.4 Å². The van der Waals surface area contributed by atoms with Gasteiger partial charge in [-0.25, -0.2) is 4.98 Å². The average molecular weight is 306 g/mol. The Kier molecular flexibility index (Phi) is 4.85. The van der Waals surface area contributed by atoms with E-state index < -0.39 is 5.56 Å². The van der Waals surface area contributed by atoms with Gasteiger partial charge >= 0.3 is 0 Å². The van der Waals surface area contributed by atoms with Gasteiger partial charge in [0.1, 0.15) is 23.1 Å². The largest absolute Gasteiger partial charge is 0.497 e. The first-order valence-corrected chi connectivity index (χ1v) is 6.63. The Balaban J connectivity index is 2.70. The SMILES string of the molecule is C=C/C=C(\N=C)c1nc(-c2ccc(OC)cc2)c(C#N)c(=O)[nH]1. The van der Waals surface area contributed by atoms with E-state index in [0.717, 1.165) is 0 Å². The van der Waals surface area contributed by atoms with E-state index in [1.807, 2.05) is 6.07 Å². The molecule has 2 aromatic rings. The van der Waals surface area contributed by atoms with Crippen molar-refractivity contribution in [2.24, 2.45) is 4.99 Å². The number of hydrogen-bond donors (Lipinski definition) is 1. The van der Waals surface area contributed by atoms with Gasteiger partial charge in [-0.3, -0.25) is 9.79 Å². The maximum absolute atomic E-state index is 12.2. The number of nitrogens with zero attached hydrogens (tertiary/aromatic N) is 3. The Labute approximate surface area is 133 Å². The fourth-order valence-electron chi connectivity index (χ4n) is 1.97. The van der Waals surface area contributed by atoms with Crippen LogP contribution in [0.4, 0.5) is 0 Å². The minimum Gasteiger partial charge on any atom is -0.497 e. The van der Waals surface area contributed by atoms with E-state index in [4.69, 9.17) is 4.74 Å². The molecular formula is C17H14N4O2. The Morgan fingerprint density at radius 1 is 1.43 bits per heavy atom. The molecule has 0 radical (unpaired) electrons. The normalized spacial score (nSPS) is 10.7. The average Bonchev–Trinajstić information content (AvgIpc) is 2.59. The highest BCUT2D eigenvalue weighted by molar-refractivity contribution is 5.70. The van der Waals surface area contributed by atoms with Gasteiger partial charge in [-0.1, -0.05) is 12.7 Å². The van der Waals surface area contributed by atoms with Crippen molar-refractivity contribution in [1.29, 1.82) is 5.26 Å². The number of aromatic amines is 1. The molecule has 2 rings (SSSR count). The third-order valence-electron chi connectivity index (χ3n) is 3.08. The van der Waals surface area contributed by atoms with Crippen LogP contribution in [0.25, 0.3) is 17.0 Å². The Morgan fingerprint density at radius 3 is 2.65 bits per heavy atom. The highest BCUT2D eigenvalue weighted by Gasteiger charge is 2.15. The lowest BCUT2D eigenvalue weighted by Gasteiger charge is -2.07. The van der Waals surface area contributed by atoms with Crippen LogP contribution in [0.5, 0.6) is 5.75 Å². The molecule has 0 atom stereocenters. The molecule has 1 N–H and O–H groups in total. The number of ether oxygens (including phenoxy) is 1. The zero-order valence-corrected chi connectivity index (χ0v) is 12.5. The minimum atomic E-state index is -0.540. The molecule has 0 fully saturated rings.